The van der Waals surface area contributed by atoms with Crippen molar-refractivity contribution in [1.82, 2.24) is 0 Å². The Balaban J connectivity index is 1.93. The Morgan fingerprint density at radius 1 is 1.50 bits per heavy atom. The highest BCUT2D eigenvalue weighted by Crippen LogP contribution is 2.18. The van der Waals surface area contributed by atoms with Gasteiger partial charge in [-0.1, -0.05) is 20.3 Å². The number of unbranched alkanes of at least 4 members (excludes halogenated alkanes) is 1. The minimum atomic E-state index is 0.372. The van der Waals surface area contributed by atoms with E-state index in [9.17, 15) is 0 Å². The van der Waals surface area contributed by atoms with Gasteiger partial charge in [0.1, 0.15) is 0 Å². The van der Waals surface area contributed by atoms with Crippen molar-refractivity contribution in [3.63, 3.8) is 0 Å². The van der Waals surface area contributed by atoms with Gasteiger partial charge in [-0.25, -0.2) is 0 Å². The van der Waals surface area contributed by atoms with Crippen molar-refractivity contribution >= 4 is 0 Å². The van der Waals surface area contributed by atoms with Gasteiger partial charge in [0.25, 0.3) is 0 Å². The normalized spacial score (nSPS) is 29.5. The molecule has 0 aromatic carbocycles. The fourth-order valence-electron chi connectivity index (χ4n) is 1.46. The summed E-state index contributed by atoms with van der Waals surface area (Å²) < 4.78 is 11.0. The van der Waals surface area contributed by atoms with Crippen molar-refractivity contribution in [2.45, 2.75) is 39.2 Å². The Labute approximate surface area is 75.2 Å². The van der Waals surface area contributed by atoms with E-state index < -0.39 is 0 Å². The molecule has 72 valence electrons. The molecule has 2 nitrogen and oxygen atoms in total. The molecule has 0 N–H and O–H groups in total. The molecular weight excluding hydrogens is 152 g/mol. The van der Waals surface area contributed by atoms with Crippen LogP contribution in [-0.2, 0) is 9.47 Å². The molecule has 0 aromatic rings. The first kappa shape index (κ1) is 10.0. The van der Waals surface area contributed by atoms with Gasteiger partial charge in [-0.05, 0) is 18.8 Å². The Kier molecular flexibility index (Phi) is 4.62. The summed E-state index contributed by atoms with van der Waals surface area (Å²) in [4.78, 5) is 0. The van der Waals surface area contributed by atoms with E-state index in [4.69, 9.17) is 9.47 Å². The van der Waals surface area contributed by atoms with Gasteiger partial charge in [0, 0.05) is 13.2 Å². The lowest BCUT2D eigenvalue weighted by molar-refractivity contribution is 0.0159. The minimum absolute atomic E-state index is 0.372. The van der Waals surface area contributed by atoms with Crippen LogP contribution in [-0.4, -0.2) is 25.9 Å². The molecule has 1 saturated heterocycles. The van der Waals surface area contributed by atoms with Crippen LogP contribution in [0.2, 0.25) is 0 Å². The molecular formula is C10H20O2. The molecule has 0 saturated carbocycles. The average Bonchev–Trinajstić information content (AvgIpc) is 2.45. The maximum Gasteiger partial charge on any atom is 0.0812 e. The highest BCUT2D eigenvalue weighted by atomic mass is 16.5. The molecule has 1 rings (SSSR count). The van der Waals surface area contributed by atoms with E-state index in [2.05, 4.69) is 13.8 Å². The third kappa shape index (κ3) is 3.55. The van der Waals surface area contributed by atoms with Crippen LogP contribution in [0.15, 0.2) is 0 Å². The molecule has 0 spiro atoms. The average molecular weight is 172 g/mol. The molecule has 2 atom stereocenters. The second kappa shape index (κ2) is 5.55. The zero-order valence-corrected chi connectivity index (χ0v) is 8.21. The second-order valence-electron chi connectivity index (χ2n) is 3.72. The highest BCUT2D eigenvalue weighted by Gasteiger charge is 2.21. The molecule has 0 amide bonds. The maximum atomic E-state index is 5.52. The van der Waals surface area contributed by atoms with Crippen LogP contribution in [0.5, 0.6) is 0 Å². The van der Waals surface area contributed by atoms with E-state index in [0.717, 1.165) is 25.7 Å². The lowest BCUT2D eigenvalue weighted by Gasteiger charge is -2.09. The summed E-state index contributed by atoms with van der Waals surface area (Å²) >= 11 is 0. The van der Waals surface area contributed by atoms with Crippen molar-refractivity contribution < 1.29 is 9.47 Å². The second-order valence-corrected chi connectivity index (χ2v) is 3.72. The first-order valence-corrected chi connectivity index (χ1v) is 5.02. The molecule has 1 unspecified atom stereocenters. The Bertz CT molecular complexity index is 114. The van der Waals surface area contributed by atoms with Crippen molar-refractivity contribution in [3.8, 4) is 0 Å². The third-order valence-electron chi connectivity index (χ3n) is 2.23. The molecule has 0 bridgehead atoms. The van der Waals surface area contributed by atoms with Crippen molar-refractivity contribution in [2.24, 2.45) is 5.92 Å². The fourth-order valence-corrected chi connectivity index (χ4v) is 1.46. The SMILES string of the molecule is CCCCOC[C@@H]1CC(C)CO1. The molecule has 1 aliphatic rings. The molecule has 0 radical (unpaired) electrons. The molecule has 1 fully saturated rings. The van der Waals surface area contributed by atoms with Crippen LogP contribution < -0.4 is 0 Å². The van der Waals surface area contributed by atoms with Gasteiger partial charge in [0.2, 0.25) is 0 Å². The summed E-state index contributed by atoms with van der Waals surface area (Å²) in [6.07, 6.45) is 3.92. The molecule has 2 heteroatoms. The first-order chi connectivity index (χ1) is 5.83. The van der Waals surface area contributed by atoms with Crippen LogP contribution >= 0.6 is 0 Å². The van der Waals surface area contributed by atoms with Gasteiger partial charge in [-0.2, -0.15) is 0 Å². The lowest BCUT2D eigenvalue weighted by atomic mass is 10.1. The predicted octanol–water partition coefficient (Wildman–Crippen LogP) is 2.23. The monoisotopic (exact) mass is 172 g/mol. The predicted molar refractivity (Wildman–Crippen MR) is 49.2 cm³/mol. The zero-order chi connectivity index (χ0) is 8.81. The van der Waals surface area contributed by atoms with Gasteiger partial charge >= 0.3 is 0 Å². The number of hydrogen-bond donors (Lipinski definition) is 0. The van der Waals surface area contributed by atoms with Crippen molar-refractivity contribution in [2.75, 3.05) is 19.8 Å². The standard InChI is InChI=1S/C10H20O2/c1-3-4-5-11-8-10-6-9(2)7-12-10/h9-10H,3-8H2,1-2H3/t9?,10-/m0/s1. The van der Waals surface area contributed by atoms with Crippen LogP contribution in [0.25, 0.3) is 0 Å². The Hall–Kier alpha value is -0.0800. The van der Waals surface area contributed by atoms with Gasteiger partial charge in [0.05, 0.1) is 12.7 Å². The molecule has 1 heterocycles. The van der Waals surface area contributed by atoms with E-state index in [1.54, 1.807) is 0 Å². The number of ether oxygens (including phenoxy) is 2. The quantitative estimate of drug-likeness (QED) is 0.592. The summed E-state index contributed by atoms with van der Waals surface area (Å²) in [6.45, 7) is 7.01. The Morgan fingerprint density at radius 3 is 2.92 bits per heavy atom. The van der Waals surface area contributed by atoms with E-state index in [1.165, 1.54) is 19.3 Å². The van der Waals surface area contributed by atoms with Gasteiger partial charge in [-0.15, -0.1) is 0 Å². The summed E-state index contributed by atoms with van der Waals surface area (Å²) in [5.74, 6) is 0.727. The van der Waals surface area contributed by atoms with Crippen LogP contribution in [0, 0.1) is 5.92 Å². The number of hydrogen-bond acceptors (Lipinski definition) is 2. The molecule has 0 aromatic heterocycles. The van der Waals surface area contributed by atoms with Crippen LogP contribution in [0.1, 0.15) is 33.1 Å². The summed E-state index contributed by atoms with van der Waals surface area (Å²) in [6, 6.07) is 0. The topological polar surface area (TPSA) is 18.5 Å². The number of rotatable bonds is 5. The molecule has 1 aliphatic heterocycles. The minimum Gasteiger partial charge on any atom is -0.379 e. The largest absolute Gasteiger partial charge is 0.379 e. The fraction of sp³-hybridized carbons (Fsp3) is 1.00. The summed E-state index contributed by atoms with van der Waals surface area (Å²) in [5, 5.41) is 0. The summed E-state index contributed by atoms with van der Waals surface area (Å²) in [5.41, 5.74) is 0. The van der Waals surface area contributed by atoms with Gasteiger partial charge in [-0.3, -0.25) is 0 Å². The summed E-state index contributed by atoms with van der Waals surface area (Å²) in [7, 11) is 0. The first-order valence-electron chi connectivity index (χ1n) is 5.02. The smallest absolute Gasteiger partial charge is 0.0812 e. The molecule has 12 heavy (non-hydrogen) atoms. The van der Waals surface area contributed by atoms with E-state index in [0.29, 0.717) is 6.10 Å². The zero-order valence-electron chi connectivity index (χ0n) is 8.21. The highest BCUT2D eigenvalue weighted by molar-refractivity contribution is 4.69. The van der Waals surface area contributed by atoms with E-state index in [-0.39, 0.29) is 0 Å². The lowest BCUT2D eigenvalue weighted by Crippen LogP contribution is -2.14. The molecule has 0 aliphatic carbocycles. The van der Waals surface area contributed by atoms with Gasteiger partial charge < -0.3 is 9.47 Å². The third-order valence-corrected chi connectivity index (χ3v) is 2.23. The Morgan fingerprint density at radius 2 is 2.33 bits per heavy atom. The van der Waals surface area contributed by atoms with Crippen molar-refractivity contribution in [3.05, 3.63) is 0 Å². The van der Waals surface area contributed by atoms with Crippen LogP contribution in [0.3, 0.4) is 0 Å². The van der Waals surface area contributed by atoms with E-state index in [1.807, 2.05) is 0 Å². The van der Waals surface area contributed by atoms with Crippen molar-refractivity contribution in [1.29, 1.82) is 0 Å². The van der Waals surface area contributed by atoms with Crippen LogP contribution in [0.4, 0.5) is 0 Å². The maximum absolute atomic E-state index is 5.52. The van der Waals surface area contributed by atoms with E-state index >= 15 is 0 Å². The van der Waals surface area contributed by atoms with Gasteiger partial charge in [0.15, 0.2) is 0 Å².